The molecule has 0 radical (unpaired) electrons. The molecule has 2 unspecified atom stereocenters. The van der Waals surface area contributed by atoms with Crippen molar-refractivity contribution in [1.82, 2.24) is 10.6 Å². The summed E-state index contributed by atoms with van der Waals surface area (Å²) >= 11 is 3.87. The molecule has 0 fully saturated rings. The Bertz CT molecular complexity index is 464. The van der Waals surface area contributed by atoms with Crippen molar-refractivity contribution in [1.29, 1.82) is 0 Å². The van der Waals surface area contributed by atoms with Crippen molar-refractivity contribution in [2.45, 2.75) is 24.9 Å². The summed E-state index contributed by atoms with van der Waals surface area (Å²) in [5, 5.41) is 21.4. The smallest absolute Gasteiger partial charge is 0.322 e. The van der Waals surface area contributed by atoms with Gasteiger partial charge in [-0.15, -0.1) is 0 Å². The van der Waals surface area contributed by atoms with Gasteiger partial charge in [0.05, 0.1) is 0 Å². The van der Waals surface area contributed by atoms with Crippen molar-refractivity contribution in [2.75, 3.05) is 12.3 Å². The molecular formula is C13H21N3O7S. The molecule has 10 nitrogen and oxygen atoms in total. The van der Waals surface area contributed by atoms with Crippen LogP contribution in [0.5, 0.6) is 0 Å². The van der Waals surface area contributed by atoms with Gasteiger partial charge < -0.3 is 26.6 Å². The molecule has 0 bridgehead atoms. The molecule has 0 aromatic heterocycles. The Hall–Kier alpha value is -2.40. The predicted octanol–water partition coefficient (Wildman–Crippen LogP) is -1.83. The van der Waals surface area contributed by atoms with Gasteiger partial charge in [-0.3, -0.25) is 24.0 Å². The number of carboxylic acids is 2. The van der Waals surface area contributed by atoms with E-state index in [0.717, 1.165) is 0 Å². The molecule has 0 heterocycles. The maximum Gasteiger partial charge on any atom is 0.322 e. The first kappa shape index (κ1) is 23.9. The van der Waals surface area contributed by atoms with E-state index in [2.05, 4.69) is 29.8 Å². The second-order valence-corrected chi connectivity index (χ2v) is 4.63. The van der Waals surface area contributed by atoms with Crippen LogP contribution in [-0.4, -0.2) is 64.6 Å². The fraction of sp³-hybridized carbons (Fsp3) is 0.462. The first-order chi connectivity index (χ1) is 11.2. The minimum absolute atomic E-state index is 0.0256. The Labute approximate surface area is 143 Å². The molecule has 24 heavy (non-hydrogen) atoms. The molecule has 0 spiro atoms. The Morgan fingerprint density at radius 3 is 2.17 bits per heavy atom. The number of nitrogens with one attached hydrogen (secondary N) is 2. The predicted molar refractivity (Wildman–Crippen MR) is 87.5 cm³/mol. The number of hydrogen-bond acceptors (Lipinski definition) is 7. The summed E-state index contributed by atoms with van der Waals surface area (Å²) in [4.78, 5) is 52.8. The fourth-order valence-corrected chi connectivity index (χ4v) is 1.41. The largest absolute Gasteiger partial charge is 0.480 e. The third-order valence-electron chi connectivity index (χ3n) is 2.34. The molecule has 0 aromatic rings. The summed E-state index contributed by atoms with van der Waals surface area (Å²) in [5.74, 6) is -3.70. The van der Waals surface area contributed by atoms with E-state index in [1.54, 1.807) is 0 Å². The third-order valence-corrected chi connectivity index (χ3v) is 2.71. The number of aldehydes is 1. The Balaban J connectivity index is 0. The second kappa shape index (κ2) is 14.2. The highest BCUT2D eigenvalue weighted by Crippen LogP contribution is 1.97. The summed E-state index contributed by atoms with van der Waals surface area (Å²) in [6, 6.07) is -2.15. The van der Waals surface area contributed by atoms with E-state index in [0.29, 0.717) is 6.29 Å². The van der Waals surface area contributed by atoms with Crippen LogP contribution in [0.15, 0.2) is 12.7 Å². The molecule has 136 valence electrons. The lowest BCUT2D eigenvalue weighted by molar-refractivity contribution is -0.139. The maximum atomic E-state index is 11.5. The second-order valence-electron chi connectivity index (χ2n) is 4.27. The van der Waals surface area contributed by atoms with Crippen LogP contribution in [0.25, 0.3) is 0 Å². The number of carbonyl (C=O) groups is 5. The molecule has 0 rings (SSSR count). The molecule has 2 amide bonds. The van der Waals surface area contributed by atoms with Gasteiger partial charge in [0.2, 0.25) is 11.8 Å². The zero-order valence-electron chi connectivity index (χ0n) is 12.8. The van der Waals surface area contributed by atoms with Crippen LogP contribution in [0, 0.1) is 0 Å². The third kappa shape index (κ3) is 13.3. The number of carbonyl (C=O) groups excluding carboxylic acids is 3. The van der Waals surface area contributed by atoms with Gasteiger partial charge >= 0.3 is 11.9 Å². The molecule has 0 aliphatic carbocycles. The number of aliphatic carboxylic acids is 2. The number of nitrogens with two attached hydrogens (primary N) is 1. The van der Waals surface area contributed by atoms with Gasteiger partial charge in [0.25, 0.3) is 0 Å². The standard InChI is InChI=1S/C10H17N3O6S.C3H4O/c11-5(10(18)19)1-2-7(14)13-6(4-20)9(17)12-3-8(15)16;1-2-3-4/h5-6,20H,1-4,11H2,(H,12,17)(H,13,14)(H,15,16)(H,18,19);2-3H,1H2. The molecule has 0 saturated carbocycles. The monoisotopic (exact) mass is 363 g/mol. The van der Waals surface area contributed by atoms with Gasteiger partial charge in [-0.25, -0.2) is 0 Å². The van der Waals surface area contributed by atoms with E-state index in [1.165, 1.54) is 6.08 Å². The summed E-state index contributed by atoms with van der Waals surface area (Å²) in [7, 11) is 0. The summed E-state index contributed by atoms with van der Waals surface area (Å²) < 4.78 is 0. The highest BCUT2D eigenvalue weighted by molar-refractivity contribution is 7.80. The van der Waals surface area contributed by atoms with Gasteiger partial charge in [-0.05, 0) is 12.5 Å². The van der Waals surface area contributed by atoms with Crippen molar-refractivity contribution in [2.24, 2.45) is 5.73 Å². The zero-order valence-corrected chi connectivity index (χ0v) is 13.7. The molecular weight excluding hydrogens is 342 g/mol. The number of hydrogen-bond donors (Lipinski definition) is 6. The molecule has 11 heteroatoms. The maximum absolute atomic E-state index is 11.5. The Morgan fingerprint density at radius 1 is 1.25 bits per heavy atom. The van der Waals surface area contributed by atoms with Crippen LogP contribution in [-0.2, 0) is 24.0 Å². The molecule has 0 aliphatic heterocycles. The normalized spacial score (nSPS) is 11.8. The average Bonchev–Trinajstić information content (AvgIpc) is 2.55. The van der Waals surface area contributed by atoms with Gasteiger partial charge in [0, 0.05) is 12.2 Å². The lowest BCUT2D eigenvalue weighted by Gasteiger charge is -2.16. The molecule has 0 aliphatic rings. The number of thiol groups is 1. The van der Waals surface area contributed by atoms with Crippen LogP contribution in [0.3, 0.4) is 0 Å². The SMILES string of the molecule is C=CC=O.NC(CCC(=O)NC(CS)C(=O)NCC(=O)O)C(=O)O. The van der Waals surface area contributed by atoms with Crippen LogP contribution >= 0.6 is 12.6 Å². The van der Waals surface area contributed by atoms with E-state index in [-0.39, 0.29) is 18.6 Å². The van der Waals surface area contributed by atoms with Crippen LogP contribution in [0.1, 0.15) is 12.8 Å². The summed E-state index contributed by atoms with van der Waals surface area (Å²) in [5.41, 5.74) is 5.23. The minimum Gasteiger partial charge on any atom is -0.480 e. The van der Waals surface area contributed by atoms with Gasteiger partial charge in [0.15, 0.2) is 0 Å². The molecule has 6 N–H and O–H groups in total. The van der Waals surface area contributed by atoms with Crippen molar-refractivity contribution >= 4 is 42.7 Å². The average molecular weight is 363 g/mol. The molecule has 2 atom stereocenters. The summed E-state index contributed by atoms with van der Waals surface area (Å²) in [6.45, 7) is 2.54. The Morgan fingerprint density at radius 2 is 1.79 bits per heavy atom. The number of allylic oxidation sites excluding steroid dienone is 1. The lowest BCUT2D eigenvalue weighted by atomic mass is 10.1. The topological polar surface area (TPSA) is 176 Å². The van der Waals surface area contributed by atoms with Crippen molar-refractivity contribution in [3.8, 4) is 0 Å². The van der Waals surface area contributed by atoms with Crippen LogP contribution < -0.4 is 16.4 Å². The van der Waals surface area contributed by atoms with Crippen molar-refractivity contribution in [3.05, 3.63) is 12.7 Å². The zero-order chi connectivity index (χ0) is 19.1. The van der Waals surface area contributed by atoms with E-state index >= 15 is 0 Å². The quantitative estimate of drug-likeness (QED) is 0.149. The van der Waals surface area contributed by atoms with Gasteiger partial charge in [-0.2, -0.15) is 12.6 Å². The molecule has 0 aromatic carbocycles. The minimum atomic E-state index is -1.22. The fourth-order valence-electron chi connectivity index (χ4n) is 1.16. The van der Waals surface area contributed by atoms with Crippen molar-refractivity contribution in [3.63, 3.8) is 0 Å². The Kier molecular flexibility index (Phi) is 14.1. The summed E-state index contributed by atoms with van der Waals surface area (Å²) in [6.07, 6.45) is 1.60. The first-order valence-corrected chi connectivity index (χ1v) is 7.27. The number of amides is 2. The van der Waals surface area contributed by atoms with Gasteiger partial charge in [-0.1, -0.05) is 6.58 Å². The lowest BCUT2D eigenvalue weighted by Crippen LogP contribution is -2.49. The van der Waals surface area contributed by atoms with Gasteiger partial charge in [0.1, 0.15) is 24.9 Å². The van der Waals surface area contributed by atoms with Crippen LogP contribution in [0.4, 0.5) is 0 Å². The van der Waals surface area contributed by atoms with Crippen molar-refractivity contribution < 1.29 is 34.2 Å². The number of carboxylic acid groups (broad SMARTS) is 2. The number of rotatable bonds is 10. The van der Waals surface area contributed by atoms with E-state index in [9.17, 15) is 19.2 Å². The van der Waals surface area contributed by atoms with E-state index in [4.69, 9.17) is 20.7 Å². The van der Waals surface area contributed by atoms with Crippen LogP contribution in [0.2, 0.25) is 0 Å². The van der Waals surface area contributed by atoms with E-state index in [1.807, 2.05) is 0 Å². The molecule has 0 saturated heterocycles. The highest BCUT2D eigenvalue weighted by Gasteiger charge is 2.20. The highest BCUT2D eigenvalue weighted by atomic mass is 32.1. The first-order valence-electron chi connectivity index (χ1n) is 6.63. The van der Waals surface area contributed by atoms with E-state index < -0.39 is 42.4 Å².